The molecule has 1 aliphatic rings. The Morgan fingerprint density at radius 3 is 2.59 bits per heavy atom. The van der Waals surface area contributed by atoms with Gasteiger partial charge in [0, 0.05) is 21.9 Å². The van der Waals surface area contributed by atoms with E-state index in [-0.39, 0.29) is 17.2 Å². The quantitative estimate of drug-likeness (QED) is 0.308. The minimum atomic E-state index is -0.522. The van der Waals surface area contributed by atoms with E-state index in [2.05, 4.69) is 23.6 Å². The highest BCUT2D eigenvalue weighted by Crippen LogP contribution is 2.42. The third-order valence-corrected chi connectivity index (χ3v) is 8.68. The Kier molecular flexibility index (Phi) is 8.41. The van der Waals surface area contributed by atoms with E-state index < -0.39 is 5.25 Å². The number of hydrogen-bond acceptors (Lipinski definition) is 5. The lowest BCUT2D eigenvalue weighted by atomic mass is 9.88. The van der Waals surface area contributed by atoms with Crippen molar-refractivity contribution < 1.29 is 9.59 Å². The van der Waals surface area contributed by atoms with Gasteiger partial charge < -0.3 is 10.6 Å². The number of amides is 2. The molecule has 5 nitrogen and oxygen atoms in total. The summed E-state index contributed by atoms with van der Waals surface area (Å²) in [5.41, 5.74) is 3.19. The Morgan fingerprint density at radius 2 is 1.89 bits per heavy atom. The molecule has 0 saturated heterocycles. The normalized spacial score (nSPS) is 15.8. The molecule has 0 radical (unpaired) electrons. The second kappa shape index (κ2) is 11.5. The van der Waals surface area contributed by atoms with E-state index in [4.69, 9.17) is 0 Å². The van der Waals surface area contributed by atoms with Crippen molar-refractivity contribution in [2.45, 2.75) is 63.5 Å². The van der Waals surface area contributed by atoms with Crippen molar-refractivity contribution in [3.05, 3.63) is 76.2 Å². The fraction of sp³-hybridized carbons (Fsp3) is 0.367. The Balaban J connectivity index is 1.57. The van der Waals surface area contributed by atoms with Gasteiger partial charge in [-0.3, -0.25) is 9.59 Å². The van der Waals surface area contributed by atoms with Gasteiger partial charge in [0.2, 0.25) is 11.8 Å². The lowest BCUT2D eigenvalue weighted by Gasteiger charge is -2.19. The topological polar surface area (TPSA) is 82.0 Å². The largest absolute Gasteiger partial charge is 0.326 e. The number of benzene rings is 2. The molecule has 1 aliphatic carbocycles. The van der Waals surface area contributed by atoms with Gasteiger partial charge >= 0.3 is 0 Å². The number of carbonyl (C=O) groups is 2. The van der Waals surface area contributed by atoms with Gasteiger partial charge in [0.1, 0.15) is 16.3 Å². The van der Waals surface area contributed by atoms with E-state index >= 15 is 0 Å². The molecule has 2 aromatic carbocycles. The fourth-order valence-electron chi connectivity index (χ4n) is 4.51. The summed E-state index contributed by atoms with van der Waals surface area (Å²) in [6, 6.07) is 19.6. The van der Waals surface area contributed by atoms with Crippen LogP contribution in [0.5, 0.6) is 0 Å². The van der Waals surface area contributed by atoms with E-state index in [1.165, 1.54) is 28.0 Å². The van der Waals surface area contributed by atoms with Crippen molar-refractivity contribution in [3.8, 4) is 6.07 Å². The number of fused-ring (bicyclic) bond motifs is 1. The zero-order chi connectivity index (χ0) is 26.6. The summed E-state index contributed by atoms with van der Waals surface area (Å²) in [6.45, 7) is 8.33. The highest BCUT2D eigenvalue weighted by Gasteiger charge is 2.28. The van der Waals surface area contributed by atoms with Crippen molar-refractivity contribution in [1.29, 1.82) is 5.26 Å². The summed E-state index contributed by atoms with van der Waals surface area (Å²) in [6.07, 6.45) is 3.33. The molecule has 2 amide bonds. The van der Waals surface area contributed by atoms with E-state index in [9.17, 15) is 14.9 Å². The maximum Gasteiger partial charge on any atom is 0.243 e. The SMILES string of the molecule is CC1CCc2c(sc(NC(=O)C(Sc3cccc(NC(=O)CC(C)(C)C)c3)c3ccccc3)c2C#N)C1. The van der Waals surface area contributed by atoms with Gasteiger partial charge in [-0.25, -0.2) is 0 Å². The van der Waals surface area contributed by atoms with Crippen LogP contribution in [0.1, 0.15) is 67.4 Å². The minimum absolute atomic E-state index is 0.0352. The smallest absolute Gasteiger partial charge is 0.243 e. The summed E-state index contributed by atoms with van der Waals surface area (Å²) in [7, 11) is 0. The first-order valence-electron chi connectivity index (χ1n) is 12.6. The van der Waals surface area contributed by atoms with Gasteiger partial charge in [0.05, 0.1) is 5.56 Å². The second-order valence-corrected chi connectivity index (χ2v) is 13.2. The molecule has 3 aromatic rings. The number of thiophene rings is 1. The van der Waals surface area contributed by atoms with Crippen LogP contribution in [0.2, 0.25) is 0 Å². The Hall–Kier alpha value is -3.08. The predicted octanol–water partition coefficient (Wildman–Crippen LogP) is 7.59. The van der Waals surface area contributed by atoms with E-state index in [1.807, 2.05) is 75.4 Å². The standard InChI is InChI=1S/C30H33N3O2S2/c1-19-13-14-23-24(18-31)29(37-25(23)15-19)33-28(35)27(20-9-6-5-7-10-20)36-22-12-8-11-21(16-22)32-26(34)17-30(2,3)4/h5-12,16,19,27H,13-15,17H2,1-4H3,(H,32,34)(H,33,35). The molecular weight excluding hydrogens is 498 g/mol. The van der Waals surface area contributed by atoms with Crippen LogP contribution >= 0.6 is 23.1 Å². The molecule has 0 bridgehead atoms. The first-order chi connectivity index (χ1) is 17.6. The Labute approximate surface area is 227 Å². The lowest BCUT2D eigenvalue weighted by molar-refractivity contribution is -0.118. The molecule has 1 heterocycles. The average Bonchev–Trinajstić information content (AvgIpc) is 3.17. The van der Waals surface area contributed by atoms with Crippen LogP contribution in [0.3, 0.4) is 0 Å². The fourth-order valence-corrected chi connectivity index (χ4v) is 6.95. The number of rotatable bonds is 7. The third kappa shape index (κ3) is 7.03. The molecule has 0 spiro atoms. The average molecular weight is 532 g/mol. The summed E-state index contributed by atoms with van der Waals surface area (Å²) < 4.78 is 0. The highest BCUT2D eigenvalue weighted by atomic mass is 32.2. The van der Waals surface area contributed by atoms with Crippen LogP contribution in [0.4, 0.5) is 10.7 Å². The minimum Gasteiger partial charge on any atom is -0.326 e. The molecule has 37 heavy (non-hydrogen) atoms. The number of nitrogens with zero attached hydrogens (tertiary/aromatic N) is 1. The maximum absolute atomic E-state index is 13.7. The number of nitriles is 1. The molecule has 4 rings (SSSR count). The van der Waals surface area contributed by atoms with Crippen LogP contribution in [0.25, 0.3) is 0 Å². The second-order valence-electron chi connectivity index (χ2n) is 10.9. The first kappa shape index (κ1) is 27.0. The van der Waals surface area contributed by atoms with Crippen molar-refractivity contribution in [3.63, 3.8) is 0 Å². The van der Waals surface area contributed by atoms with Crippen LogP contribution in [-0.4, -0.2) is 11.8 Å². The number of carbonyl (C=O) groups excluding carboxylic acids is 2. The molecule has 7 heteroatoms. The van der Waals surface area contributed by atoms with Gasteiger partial charge in [0.25, 0.3) is 0 Å². The molecule has 0 saturated carbocycles. The van der Waals surface area contributed by atoms with Crippen molar-refractivity contribution in [2.75, 3.05) is 10.6 Å². The molecule has 2 atom stereocenters. The third-order valence-electron chi connectivity index (χ3n) is 6.26. The first-order valence-corrected chi connectivity index (χ1v) is 14.3. The Bertz CT molecular complexity index is 1320. The molecule has 2 unspecified atom stereocenters. The molecule has 192 valence electrons. The number of hydrogen-bond donors (Lipinski definition) is 2. The zero-order valence-corrected chi connectivity index (χ0v) is 23.4. The molecule has 2 N–H and O–H groups in total. The van der Waals surface area contributed by atoms with Crippen LogP contribution in [-0.2, 0) is 22.4 Å². The molecule has 0 aliphatic heterocycles. The summed E-state index contributed by atoms with van der Waals surface area (Å²) in [5, 5.41) is 16.1. The van der Waals surface area contributed by atoms with Gasteiger partial charge in [-0.1, -0.05) is 64.1 Å². The number of thioether (sulfide) groups is 1. The molecule has 0 fully saturated rings. The maximum atomic E-state index is 13.7. The van der Waals surface area contributed by atoms with Gasteiger partial charge in [-0.05, 0) is 59.9 Å². The van der Waals surface area contributed by atoms with Crippen molar-refractivity contribution in [1.82, 2.24) is 0 Å². The van der Waals surface area contributed by atoms with Crippen molar-refractivity contribution in [2.24, 2.45) is 11.3 Å². The molecule has 1 aromatic heterocycles. The Morgan fingerprint density at radius 1 is 1.14 bits per heavy atom. The van der Waals surface area contributed by atoms with Gasteiger partial charge in [-0.15, -0.1) is 23.1 Å². The zero-order valence-electron chi connectivity index (χ0n) is 21.8. The van der Waals surface area contributed by atoms with E-state index in [1.54, 1.807) is 0 Å². The van der Waals surface area contributed by atoms with Gasteiger partial charge in [-0.2, -0.15) is 5.26 Å². The van der Waals surface area contributed by atoms with Crippen LogP contribution < -0.4 is 10.6 Å². The summed E-state index contributed by atoms with van der Waals surface area (Å²) in [5.74, 6) is 0.388. The number of nitrogens with one attached hydrogen (secondary N) is 2. The number of anilines is 2. The highest BCUT2D eigenvalue weighted by molar-refractivity contribution is 8.00. The lowest BCUT2D eigenvalue weighted by Crippen LogP contribution is -2.20. The van der Waals surface area contributed by atoms with Gasteiger partial charge in [0.15, 0.2) is 0 Å². The predicted molar refractivity (Wildman–Crippen MR) is 153 cm³/mol. The summed E-state index contributed by atoms with van der Waals surface area (Å²) >= 11 is 2.97. The van der Waals surface area contributed by atoms with Crippen molar-refractivity contribution >= 4 is 45.6 Å². The monoisotopic (exact) mass is 531 g/mol. The van der Waals surface area contributed by atoms with Crippen LogP contribution in [0.15, 0.2) is 59.5 Å². The van der Waals surface area contributed by atoms with E-state index in [0.29, 0.717) is 28.6 Å². The summed E-state index contributed by atoms with van der Waals surface area (Å²) in [4.78, 5) is 28.2. The van der Waals surface area contributed by atoms with E-state index in [0.717, 1.165) is 35.3 Å². The molecular formula is C30H33N3O2S2. The van der Waals surface area contributed by atoms with Crippen LogP contribution in [0, 0.1) is 22.7 Å².